The van der Waals surface area contributed by atoms with Gasteiger partial charge in [-0.2, -0.15) is 0 Å². The molecule has 1 fully saturated rings. The van der Waals surface area contributed by atoms with Crippen molar-refractivity contribution in [1.29, 1.82) is 0 Å². The van der Waals surface area contributed by atoms with E-state index in [2.05, 4.69) is 19.9 Å². The summed E-state index contributed by atoms with van der Waals surface area (Å²) in [4.78, 5) is 6.45. The summed E-state index contributed by atoms with van der Waals surface area (Å²) in [5.41, 5.74) is 0. The van der Waals surface area contributed by atoms with E-state index >= 15 is 0 Å². The molecule has 0 aliphatic carbocycles. The van der Waals surface area contributed by atoms with E-state index in [9.17, 15) is 8.42 Å². The van der Waals surface area contributed by atoms with Crippen molar-refractivity contribution in [2.45, 2.75) is 24.4 Å². The maximum absolute atomic E-state index is 12.3. The molecule has 3 heterocycles. The first-order valence-electron chi connectivity index (χ1n) is 7.14. The van der Waals surface area contributed by atoms with Gasteiger partial charge < -0.3 is 9.88 Å². The van der Waals surface area contributed by atoms with Crippen molar-refractivity contribution in [2.75, 3.05) is 39.3 Å². The van der Waals surface area contributed by atoms with Crippen molar-refractivity contribution in [3.05, 3.63) is 12.0 Å². The van der Waals surface area contributed by atoms with Gasteiger partial charge >= 0.3 is 0 Å². The average molecular weight is 372 g/mol. The summed E-state index contributed by atoms with van der Waals surface area (Å²) in [5, 5.41) is 3.59. The van der Waals surface area contributed by atoms with E-state index in [4.69, 9.17) is 0 Å². The normalized spacial score (nSPS) is 18.4. The highest BCUT2D eigenvalue weighted by molar-refractivity contribution is 7.89. The maximum atomic E-state index is 12.3. The quantitative estimate of drug-likeness (QED) is 0.752. The fraction of sp³-hybridized carbons (Fsp3) is 0.750. The number of imidazole rings is 1. The molecule has 0 spiro atoms. The van der Waals surface area contributed by atoms with Gasteiger partial charge in [-0.25, -0.2) is 18.1 Å². The molecule has 0 bridgehead atoms. The number of sulfonamides is 1. The zero-order chi connectivity index (χ0) is 14.0. The minimum atomic E-state index is -3.43. The summed E-state index contributed by atoms with van der Waals surface area (Å²) in [6, 6.07) is 0. The Kier molecular flexibility index (Phi) is 7.57. The zero-order valence-corrected chi connectivity index (χ0v) is 14.8. The summed E-state index contributed by atoms with van der Waals surface area (Å²) in [5.74, 6) is 0.882. The Morgan fingerprint density at radius 1 is 1.23 bits per heavy atom. The summed E-state index contributed by atoms with van der Waals surface area (Å²) < 4.78 is 29.1. The lowest BCUT2D eigenvalue weighted by Crippen LogP contribution is -2.46. The molecule has 22 heavy (non-hydrogen) atoms. The van der Waals surface area contributed by atoms with E-state index in [1.165, 1.54) is 6.20 Å². The van der Waals surface area contributed by atoms with Gasteiger partial charge in [0.25, 0.3) is 10.0 Å². The van der Waals surface area contributed by atoms with Gasteiger partial charge in [0.05, 0.1) is 6.20 Å². The van der Waals surface area contributed by atoms with Crippen LogP contribution in [0.1, 0.15) is 12.2 Å². The Morgan fingerprint density at radius 3 is 2.68 bits per heavy atom. The van der Waals surface area contributed by atoms with Gasteiger partial charge in [-0.05, 0) is 6.42 Å². The summed E-state index contributed by atoms with van der Waals surface area (Å²) in [7, 11) is -3.43. The average Bonchev–Trinajstić information content (AvgIpc) is 3.01. The lowest BCUT2D eigenvalue weighted by atomic mass is 10.3. The van der Waals surface area contributed by atoms with E-state index in [1.54, 1.807) is 0 Å². The molecule has 7 nitrogen and oxygen atoms in total. The number of aryl methyl sites for hydroxylation is 1. The molecule has 0 unspecified atom stereocenters. The van der Waals surface area contributed by atoms with Gasteiger partial charge in [0.15, 0.2) is 5.03 Å². The van der Waals surface area contributed by atoms with E-state index in [0.29, 0.717) is 11.6 Å². The highest BCUT2D eigenvalue weighted by Crippen LogP contribution is 2.19. The number of nitrogens with zero attached hydrogens (tertiary/aromatic N) is 3. The van der Waals surface area contributed by atoms with Crippen LogP contribution in [0.25, 0.3) is 0 Å². The van der Waals surface area contributed by atoms with Crippen LogP contribution in [0, 0.1) is 0 Å². The van der Waals surface area contributed by atoms with Gasteiger partial charge in [-0.3, -0.25) is 4.90 Å². The molecule has 2 aliphatic heterocycles. The molecule has 2 N–H and O–H groups in total. The van der Waals surface area contributed by atoms with Crippen LogP contribution in [0.15, 0.2) is 11.2 Å². The SMILES string of the molecule is Cl.Cl.O=S(=O)(NCCN1CCNCC1)c1cnc2n1CCC2. The molecular formula is C12H23Cl2N5O2S. The second kappa shape index (κ2) is 8.47. The highest BCUT2D eigenvalue weighted by atomic mass is 35.5. The molecule has 1 aromatic heterocycles. The van der Waals surface area contributed by atoms with Gasteiger partial charge in [0.2, 0.25) is 0 Å². The van der Waals surface area contributed by atoms with Crippen LogP contribution in [0.5, 0.6) is 0 Å². The minimum absolute atomic E-state index is 0. The van der Waals surface area contributed by atoms with Crippen molar-refractivity contribution >= 4 is 34.8 Å². The van der Waals surface area contributed by atoms with Gasteiger partial charge in [-0.15, -0.1) is 24.8 Å². The second-order valence-corrected chi connectivity index (χ2v) is 6.97. The molecule has 0 radical (unpaired) electrons. The zero-order valence-electron chi connectivity index (χ0n) is 12.3. The lowest BCUT2D eigenvalue weighted by molar-refractivity contribution is 0.245. The third-order valence-electron chi connectivity index (χ3n) is 3.89. The summed E-state index contributed by atoms with van der Waals surface area (Å²) in [6.45, 7) is 5.85. The van der Waals surface area contributed by atoms with Crippen LogP contribution >= 0.6 is 24.8 Å². The first-order chi connectivity index (χ1) is 9.67. The van der Waals surface area contributed by atoms with Crippen molar-refractivity contribution in [2.24, 2.45) is 0 Å². The summed E-state index contributed by atoms with van der Waals surface area (Å²) in [6.07, 6.45) is 3.32. The van der Waals surface area contributed by atoms with Crippen molar-refractivity contribution < 1.29 is 8.42 Å². The predicted molar refractivity (Wildman–Crippen MR) is 89.5 cm³/mol. The molecule has 3 rings (SSSR count). The first kappa shape index (κ1) is 19.7. The third kappa shape index (κ3) is 4.33. The largest absolute Gasteiger partial charge is 0.318 e. The Morgan fingerprint density at radius 2 is 1.95 bits per heavy atom. The Labute approximate surface area is 143 Å². The lowest BCUT2D eigenvalue weighted by Gasteiger charge is -2.27. The summed E-state index contributed by atoms with van der Waals surface area (Å²) >= 11 is 0. The maximum Gasteiger partial charge on any atom is 0.257 e. The molecular weight excluding hydrogens is 349 g/mol. The molecule has 0 amide bonds. The number of nitrogens with one attached hydrogen (secondary N) is 2. The number of rotatable bonds is 5. The number of halogens is 2. The van der Waals surface area contributed by atoms with E-state index in [-0.39, 0.29) is 24.8 Å². The fourth-order valence-corrected chi connectivity index (χ4v) is 3.98. The Bertz CT molecular complexity index is 572. The molecule has 1 saturated heterocycles. The fourth-order valence-electron chi connectivity index (χ4n) is 2.79. The third-order valence-corrected chi connectivity index (χ3v) is 5.35. The standard InChI is InChI=1S/C12H21N5O2S.2ClH/c18-20(19,12-10-14-11-2-1-6-17(11)12)15-5-9-16-7-3-13-4-8-16;;/h10,13,15H,1-9H2;2*1H. The number of piperazine rings is 1. The number of hydrogen-bond acceptors (Lipinski definition) is 5. The van der Waals surface area contributed by atoms with Crippen LogP contribution in [0.3, 0.4) is 0 Å². The van der Waals surface area contributed by atoms with Crippen LogP contribution in [-0.4, -0.2) is 62.1 Å². The van der Waals surface area contributed by atoms with Gasteiger partial charge in [0, 0.05) is 52.2 Å². The molecule has 0 atom stereocenters. The van der Waals surface area contributed by atoms with Crippen molar-refractivity contribution in [3.63, 3.8) is 0 Å². The number of hydrogen-bond donors (Lipinski definition) is 2. The minimum Gasteiger partial charge on any atom is -0.318 e. The van der Waals surface area contributed by atoms with Gasteiger partial charge in [0.1, 0.15) is 5.82 Å². The molecule has 128 valence electrons. The second-order valence-electron chi connectivity index (χ2n) is 5.26. The number of aromatic nitrogens is 2. The van der Waals surface area contributed by atoms with Crippen molar-refractivity contribution in [3.8, 4) is 0 Å². The Hall–Kier alpha value is -0.380. The first-order valence-corrected chi connectivity index (χ1v) is 8.62. The topological polar surface area (TPSA) is 79.3 Å². The molecule has 1 aromatic rings. The predicted octanol–water partition coefficient (Wildman–Crippen LogP) is -0.144. The highest BCUT2D eigenvalue weighted by Gasteiger charge is 2.24. The van der Waals surface area contributed by atoms with Crippen LogP contribution in [0.2, 0.25) is 0 Å². The molecule has 2 aliphatic rings. The van der Waals surface area contributed by atoms with E-state index < -0.39 is 10.0 Å². The van der Waals surface area contributed by atoms with E-state index in [0.717, 1.165) is 57.9 Å². The van der Waals surface area contributed by atoms with Crippen LogP contribution < -0.4 is 10.0 Å². The molecule has 0 saturated carbocycles. The molecule has 10 heteroatoms. The smallest absolute Gasteiger partial charge is 0.257 e. The monoisotopic (exact) mass is 371 g/mol. The Balaban J connectivity index is 0.00000121. The van der Waals surface area contributed by atoms with Crippen LogP contribution in [0.4, 0.5) is 0 Å². The van der Waals surface area contributed by atoms with Crippen molar-refractivity contribution in [1.82, 2.24) is 24.5 Å². The van der Waals surface area contributed by atoms with Gasteiger partial charge in [-0.1, -0.05) is 0 Å². The molecule has 0 aromatic carbocycles. The van der Waals surface area contributed by atoms with Crippen LogP contribution in [-0.2, 0) is 23.0 Å². The van der Waals surface area contributed by atoms with E-state index in [1.807, 2.05) is 4.57 Å². The number of fused-ring (bicyclic) bond motifs is 1.